The molecule has 0 atom stereocenters. The van der Waals surface area contributed by atoms with Gasteiger partial charge in [0.2, 0.25) is 0 Å². The molecule has 0 saturated carbocycles. The van der Waals surface area contributed by atoms with Gasteiger partial charge in [-0.2, -0.15) is 0 Å². The van der Waals surface area contributed by atoms with E-state index in [1.807, 2.05) is 0 Å². The molecule has 0 heterocycles. The van der Waals surface area contributed by atoms with Gasteiger partial charge in [-0.25, -0.2) is 0 Å². The third kappa shape index (κ3) is 12.4. The number of nitrogens with zero attached hydrogens (tertiary/aromatic N) is 1. The fourth-order valence-corrected chi connectivity index (χ4v) is 0.550. The molecular formula is C6H17NO8. The summed E-state index contributed by atoms with van der Waals surface area (Å²) in [7, 11) is 0. The molecule has 0 unspecified atom stereocenters. The van der Waals surface area contributed by atoms with Gasteiger partial charge in [0.25, 0.3) is 5.69 Å². The first kappa shape index (κ1) is 37.7. The highest BCUT2D eigenvalue weighted by molar-refractivity contribution is 5.27. The average molecular weight is 231 g/mol. The van der Waals surface area contributed by atoms with E-state index in [4.69, 9.17) is 0 Å². The Morgan fingerprint density at radius 3 is 1.33 bits per heavy atom. The highest BCUT2D eigenvalue weighted by atomic mass is 16.6. The zero-order chi connectivity index (χ0) is 6.69. The van der Waals surface area contributed by atoms with Crippen LogP contribution >= 0.6 is 0 Å². The van der Waals surface area contributed by atoms with Crippen molar-refractivity contribution in [1.82, 2.24) is 0 Å². The van der Waals surface area contributed by atoms with Gasteiger partial charge in [-0.15, -0.1) is 0 Å². The van der Waals surface area contributed by atoms with Crippen LogP contribution in [-0.2, 0) is 0 Å². The van der Waals surface area contributed by atoms with Gasteiger partial charge in [0.1, 0.15) is 0 Å². The molecule has 12 N–H and O–H groups in total. The molecule has 0 saturated heterocycles. The van der Waals surface area contributed by atoms with E-state index < -0.39 is 4.92 Å². The van der Waals surface area contributed by atoms with E-state index in [0.717, 1.165) is 0 Å². The molecule has 0 fully saturated rings. The van der Waals surface area contributed by atoms with Crippen molar-refractivity contribution in [1.29, 1.82) is 0 Å². The van der Waals surface area contributed by atoms with Crippen molar-refractivity contribution in [2.45, 2.75) is 0 Å². The predicted octanol–water partition coefficient (Wildman–Crippen LogP) is -3.35. The monoisotopic (exact) mass is 231 g/mol. The van der Waals surface area contributed by atoms with Gasteiger partial charge in [-0.1, -0.05) is 18.2 Å². The number of nitro groups is 1. The SMILES string of the molecule is O.O.O.O.O.O.O=[N+]([O-])c1ccccc1. The molecule has 0 aromatic heterocycles. The van der Waals surface area contributed by atoms with Crippen LogP contribution in [0.15, 0.2) is 30.3 Å². The molecule has 1 aromatic rings. The maximum atomic E-state index is 10.0. The largest absolute Gasteiger partial charge is 0.412 e. The second-order valence-electron chi connectivity index (χ2n) is 1.59. The van der Waals surface area contributed by atoms with Crippen LogP contribution in [0.5, 0.6) is 0 Å². The zero-order valence-electron chi connectivity index (χ0n) is 7.65. The molecule has 1 rings (SSSR count). The Morgan fingerprint density at radius 1 is 0.800 bits per heavy atom. The van der Waals surface area contributed by atoms with Crippen LogP contribution in [-0.4, -0.2) is 37.8 Å². The summed E-state index contributed by atoms with van der Waals surface area (Å²) in [6.45, 7) is 0. The Balaban J connectivity index is -0.0000000337. The molecule has 9 nitrogen and oxygen atoms in total. The second-order valence-corrected chi connectivity index (χ2v) is 1.59. The van der Waals surface area contributed by atoms with Gasteiger partial charge in [-0.3, -0.25) is 10.1 Å². The molecule has 15 heavy (non-hydrogen) atoms. The number of benzene rings is 1. The predicted molar refractivity (Wildman–Crippen MR) is 54.8 cm³/mol. The lowest BCUT2D eigenvalue weighted by Crippen LogP contribution is -1.84. The number of rotatable bonds is 1. The van der Waals surface area contributed by atoms with E-state index in [9.17, 15) is 10.1 Å². The molecule has 0 bridgehead atoms. The average Bonchev–Trinajstić information content (AvgIpc) is 1.90. The van der Waals surface area contributed by atoms with Crippen molar-refractivity contribution in [3.63, 3.8) is 0 Å². The summed E-state index contributed by atoms with van der Waals surface area (Å²) >= 11 is 0. The van der Waals surface area contributed by atoms with E-state index in [1.165, 1.54) is 12.1 Å². The maximum Gasteiger partial charge on any atom is 0.269 e. The normalized spacial score (nSPS) is 5.33. The Labute approximate surface area is 85.0 Å². The molecule has 94 valence electrons. The van der Waals surface area contributed by atoms with Gasteiger partial charge >= 0.3 is 0 Å². The van der Waals surface area contributed by atoms with E-state index >= 15 is 0 Å². The minimum atomic E-state index is -0.417. The second kappa shape index (κ2) is 18.2. The van der Waals surface area contributed by atoms with Crippen LogP contribution in [0.4, 0.5) is 5.69 Å². The standard InChI is InChI=1S/C6H5NO2.6H2O/c8-7(9)6-4-2-1-3-5-6;;;;;;/h1-5H;6*1H2. The van der Waals surface area contributed by atoms with E-state index in [-0.39, 0.29) is 38.5 Å². The topological polar surface area (TPSA) is 232 Å². The molecule has 1 aromatic carbocycles. The first-order valence-corrected chi connectivity index (χ1v) is 2.50. The van der Waals surface area contributed by atoms with Crippen LogP contribution in [0.1, 0.15) is 0 Å². The van der Waals surface area contributed by atoms with Crippen LogP contribution in [0.2, 0.25) is 0 Å². The van der Waals surface area contributed by atoms with Gasteiger partial charge in [0.15, 0.2) is 0 Å². The molecule has 0 aliphatic rings. The Bertz CT molecular complexity index is 216. The Kier molecular flexibility index (Phi) is 45.7. The van der Waals surface area contributed by atoms with Crippen molar-refractivity contribution in [3.05, 3.63) is 40.4 Å². The first-order chi connectivity index (χ1) is 4.30. The van der Waals surface area contributed by atoms with Crippen molar-refractivity contribution < 1.29 is 37.8 Å². The fraction of sp³-hybridized carbons (Fsp3) is 0. The summed E-state index contributed by atoms with van der Waals surface area (Å²) < 4.78 is 0. The zero-order valence-corrected chi connectivity index (χ0v) is 7.65. The molecule has 0 amide bonds. The highest BCUT2D eigenvalue weighted by Crippen LogP contribution is 2.06. The number of hydrogen-bond donors (Lipinski definition) is 0. The summed E-state index contributed by atoms with van der Waals surface area (Å²) in [4.78, 5) is 9.59. The Hall–Kier alpha value is -1.62. The molecule has 0 spiro atoms. The lowest BCUT2D eigenvalue weighted by Gasteiger charge is -1.85. The minimum Gasteiger partial charge on any atom is -0.412 e. The highest BCUT2D eigenvalue weighted by Gasteiger charge is 1.98. The molecule has 0 aliphatic carbocycles. The fourth-order valence-electron chi connectivity index (χ4n) is 0.550. The number of hydrogen-bond acceptors (Lipinski definition) is 2. The summed E-state index contributed by atoms with van der Waals surface area (Å²) in [6, 6.07) is 7.93. The van der Waals surface area contributed by atoms with E-state index in [2.05, 4.69) is 0 Å². The first-order valence-electron chi connectivity index (χ1n) is 2.50. The third-order valence-electron chi connectivity index (χ3n) is 0.967. The summed E-state index contributed by atoms with van der Waals surface area (Å²) in [5, 5.41) is 10.0. The smallest absolute Gasteiger partial charge is 0.269 e. The van der Waals surface area contributed by atoms with Crippen LogP contribution in [0.3, 0.4) is 0 Å². The summed E-state index contributed by atoms with van der Waals surface area (Å²) in [5.41, 5.74) is 0.137. The molecule has 9 heteroatoms. The van der Waals surface area contributed by atoms with Crippen LogP contribution < -0.4 is 0 Å². The molecule has 0 radical (unpaired) electrons. The quantitative estimate of drug-likeness (QED) is 0.355. The number of non-ortho nitro benzene ring substituents is 1. The van der Waals surface area contributed by atoms with Crippen molar-refractivity contribution >= 4 is 5.69 Å². The van der Waals surface area contributed by atoms with Crippen molar-refractivity contribution in [3.8, 4) is 0 Å². The lowest BCUT2D eigenvalue weighted by atomic mass is 10.3. The minimum absolute atomic E-state index is 0. The van der Waals surface area contributed by atoms with E-state index in [1.54, 1.807) is 18.2 Å². The number of para-hydroxylation sites is 1. The third-order valence-corrected chi connectivity index (χ3v) is 0.967. The lowest BCUT2D eigenvalue weighted by molar-refractivity contribution is -0.384. The molecular weight excluding hydrogens is 214 g/mol. The van der Waals surface area contributed by atoms with Gasteiger partial charge < -0.3 is 32.9 Å². The van der Waals surface area contributed by atoms with Gasteiger partial charge in [0, 0.05) is 12.1 Å². The summed E-state index contributed by atoms with van der Waals surface area (Å²) in [6.07, 6.45) is 0. The number of nitro benzene ring substituents is 1. The van der Waals surface area contributed by atoms with Gasteiger partial charge in [0.05, 0.1) is 4.92 Å². The maximum absolute atomic E-state index is 10.0. The summed E-state index contributed by atoms with van der Waals surface area (Å²) in [5.74, 6) is 0. The Morgan fingerprint density at radius 2 is 1.13 bits per heavy atom. The van der Waals surface area contributed by atoms with Crippen LogP contribution in [0.25, 0.3) is 0 Å². The van der Waals surface area contributed by atoms with Gasteiger partial charge in [-0.05, 0) is 0 Å². The van der Waals surface area contributed by atoms with E-state index in [0.29, 0.717) is 0 Å². The molecule has 0 aliphatic heterocycles. The van der Waals surface area contributed by atoms with Crippen molar-refractivity contribution in [2.75, 3.05) is 0 Å². The van der Waals surface area contributed by atoms with Crippen molar-refractivity contribution in [2.24, 2.45) is 0 Å². The van der Waals surface area contributed by atoms with Crippen LogP contribution in [0, 0.1) is 10.1 Å².